The molecule has 0 saturated heterocycles. The van der Waals surface area contributed by atoms with Crippen molar-refractivity contribution in [2.75, 3.05) is 0 Å². The third-order valence-corrected chi connectivity index (χ3v) is 3.20. The minimum absolute atomic E-state index is 0.0788. The number of imidazole rings is 1. The lowest BCUT2D eigenvalue weighted by molar-refractivity contribution is 0.756. The van der Waals surface area contributed by atoms with E-state index in [1.165, 1.54) is 10.9 Å². The van der Waals surface area contributed by atoms with Gasteiger partial charge in [0.25, 0.3) is 0 Å². The summed E-state index contributed by atoms with van der Waals surface area (Å²) in [5.41, 5.74) is 10.2. The van der Waals surface area contributed by atoms with Gasteiger partial charge in [0.05, 0.1) is 23.6 Å². The molecule has 0 saturated carbocycles. The second-order valence-corrected chi connectivity index (χ2v) is 4.69. The first kappa shape index (κ1) is 11.0. The van der Waals surface area contributed by atoms with Gasteiger partial charge in [-0.3, -0.25) is 0 Å². The summed E-state index contributed by atoms with van der Waals surface area (Å²) < 4.78 is 0. The zero-order valence-electron chi connectivity index (χ0n) is 10.5. The van der Waals surface area contributed by atoms with Crippen LogP contribution in [0.2, 0.25) is 0 Å². The molecule has 1 atom stereocenters. The predicted molar refractivity (Wildman–Crippen MR) is 73.2 cm³/mol. The van der Waals surface area contributed by atoms with Gasteiger partial charge in [0.1, 0.15) is 5.82 Å². The largest absolute Gasteiger partial charge is 0.353 e. The lowest BCUT2D eigenvalue weighted by atomic mass is 10.1. The third kappa shape index (κ3) is 1.71. The molecular formula is C14H16N4. The first-order valence-corrected chi connectivity index (χ1v) is 6.04. The molecule has 0 fully saturated rings. The molecule has 4 nitrogen and oxygen atoms in total. The smallest absolute Gasteiger partial charge is 0.123 e. The number of H-pyrrole nitrogens is 2. The lowest BCUT2D eigenvalue weighted by Gasteiger charge is -1.98. The van der Waals surface area contributed by atoms with Crippen LogP contribution < -0.4 is 5.73 Å². The molecule has 18 heavy (non-hydrogen) atoms. The molecule has 0 aliphatic carbocycles. The van der Waals surface area contributed by atoms with Gasteiger partial charge >= 0.3 is 0 Å². The van der Waals surface area contributed by atoms with Gasteiger partial charge in [0.2, 0.25) is 0 Å². The highest BCUT2D eigenvalue weighted by atomic mass is 15.0. The second kappa shape index (κ2) is 3.99. The summed E-state index contributed by atoms with van der Waals surface area (Å²) in [6.07, 6.45) is 1.82. The van der Waals surface area contributed by atoms with Gasteiger partial charge in [-0.1, -0.05) is 12.1 Å². The third-order valence-electron chi connectivity index (χ3n) is 3.20. The Morgan fingerprint density at radius 1 is 1.22 bits per heavy atom. The Morgan fingerprint density at radius 3 is 2.72 bits per heavy atom. The van der Waals surface area contributed by atoms with Crippen LogP contribution in [-0.4, -0.2) is 15.0 Å². The van der Waals surface area contributed by atoms with Crippen LogP contribution in [0, 0.1) is 6.92 Å². The number of nitrogens with one attached hydrogen (secondary N) is 2. The average molecular weight is 240 g/mol. The SMILES string of the molecule is Cc1cccc2[nH]c(-c3cnc(C(C)N)[nH]3)cc12. The zero-order valence-corrected chi connectivity index (χ0v) is 10.5. The molecule has 0 bridgehead atoms. The highest BCUT2D eigenvalue weighted by Gasteiger charge is 2.09. The number of aryl methyl sites for hydroxylation is 1. The van der Waals surface area contributed by atoms with Crippen molar-refractivity contribution >= 4 is 10.9 Å². The van der Waals surface area contributed by atoms with Crippen molar-refractivity contribution in [3.63, 3.8) is 0 Å². The maximum atomic E-state index is 5.80. The number of nitrogens with two attached hydrogens (primary N) is 1. The van der Waals surface area contributed by atoms with Crippen LogP contribution in [0.4, 0.5) is 0 Å². The number of fused-ring (bicyclic) bond motifs is 1. The van der Waals surface area contributed by atoms with Gasteiger partial charge in [-0.05, 0) is 31.5 Å². The number of hydrogen-bond donors (Lipinski definition) is 3. The highest BCUT2D eigenvalue weighted by Crippen LogP contribution is 2.25. The molecule has 4 heteroatoms. The standard InChI is InChI=1S/C14H16N4/c1-8-4-3-5-11-10(8)6-12(17-11)13-7-16-14(18-13)9(2)15/h3-7,9,17H,15H2,1-2H3,(H,16,18). The van der Waals surface area contributed by atoms with E-state index in [9.17, 15) is 0 Å². The highest BCUT2D eigenvalue weighted by molar-refractivity contribution is 5.87. The Hall–Kier alpha value is -2.07. The van der Waals surface area contributed by atoms with E-state index < -0.39 is 0 Å². The van der Waals surface area contributed by atoms with Crippen molar-refractivity contribution in [3.05, 3.63) is 41.9 Å². The Kier molecular flexibility index (Phi) is 2.45. The van der Waals surface area contributed by atoms with Gasteiger partial charge in [-0.2, -0.15) is 0 Å². The minimum Gasteiger partial charge on any atom is -0.353 e. The van der Waals surface area contributed by atoms with Crippen LogP contribution in [-0.2, 0) is 0 Å². The number of aromatic amines is 2. The van der Waals surface area contributed by atoms with E-state index in [2.05, 4.69) is 46.1 Å². The van der Waals surface area contributed by atoms with Crippen LogP contribution in [0.15, 0.2) is 30.5 Å². The quantitative estimate of drug-likeness (QED) is 0.644. The molecule has 0 radical (unpaired) electrons. The molecule has 3 aromatic rings. The summed E-state index contributed by atoms with van der Waals surface area (Å²) in [6.45, 7) is 4.03. The van der Waals surface area contributed by atoms with Crippen molar-refractivity contribution in [1.82, 2.24) is 15.0 Å². The monoisotopic (exact) mass is 240 g/mol. The van der Waals surface area contributed by atoms with E-state index >= 15 is 0 Å². The Labute approximate surface area is 105 Å². The maximum absolute atomic E-state index is 5.80. The molecule has 1 aromatic carbocycles. The Morgan fingerprint density at radius 2 is 2.06 bits per heavy atom. The van der Waals surface area contributed by atoms with Crippen LogP contribution >= 0.6 is 0 Å². The van der Waals surface area contributed by atoms with Crippen molar-refractivity contribution in [2.24, 2.45) is 5.73 Å². The molecule has 92 valence electrons. The van der Waals surface area contributed by atoms with Gasteiger partial charge in [-0.25, -0.2) is 4.98 Å². The molecule has 0 spiro atoms. The summed E-state index contributed by atoms with van der Waals surface area (Å²) in [4.78, 5) is 10.9. The average Bonchev–Trinajstić information content (AvgIpc) is 2.95. The first-order chi connectivity index (χ1) is 8.65. The van der Waals surface area contributed by atoms with E-state index in [4.69, 9.17) is 5.73 Å². The molecule has 0 amide bonds. The fourth-order valence-electron chi connectivity index (χ4n) is 2.16. The molecule has 2 aromatic heterocycles. The normalized spacial score (nSPS) is 13.1. The van der Waals surface area contributed by atoms with E-state index in [1.54, 1.807) is 0 Å². The number of aromatic nitrogens is 3. The zero-order chi connectivity index (χ0) is 12.7. The summed E-state index contributed by atoms with van der Waals surface area (Å²) in [7, 11) is 0. The maximum Gasteiger partial charge on any atom is 0.123 e. The van der Waals surface area contributed by atoms with Crippen molar-refractivity contribution < 1.29 is 0 Å². The van der Waals surface area contributed by atoms with E-state index in [1.807, 2.05) is 13.1 Å². The number of rotatable bonds is 2. The first-order valence-electron chi connectivity index (χ1n) is 6.04. The van der Waals surface area contributed by atoms with Gasteiger partial charge < -0.3 is 15.7 Å². The van der Waals surface area contributed by atoms with E-state index in [0.717, 1.165) is 22.7 Å². The number of hydrogen-bond acceptors (Lipinski definition) is 2. The van der Waals surface area contributed by atoms with Crippen molar-refractivity contribution in [1.29, 1.82) is 0 Å². The van der Waals surface area contributed by atoms with Gasteiger partial charge in [0.15, 0.2) is 0 Å². The Balaban J connectivity index is 2.10. The number of nitrogens with zero attached hydrogens (tertiary/aromatic N) is 1. The molecule has 4 N–H and O–H groups in total. The molecule has 0 aliphatic heterocycles. The molecule has 2 heterocycles. The van der Waals surface area contributed by atoms with Crippen LogP contribution in [0.25, 0.3) is 22.3 Å². The van der Waals surface area contributed by atoms with Crippen LogP contribution in [0.5, 0.6) is 0 Å². The van der Waals surface area contributed by atoms with Crippen LogP contribution in [0.3, 0.4) is 0 Å². The molecular weight excluding hydrogens is 224 g/mol. The fraction of sp³-hybridized carbons (Fsp3) is 0.214. The minimum atomic E-state index is -0.0788. The van der Waals surface area contributed by atoms with Crippen molar-refractivity contribution in [2.45, 2.75) is 19.9 Å². The van der Waals surface area contributed by atoms with Crippen molar-refractivity contribution in [3.8, 4) is 11.4 Å². The van der Waals surface area contributed by atoms with E-state index in [0.29, 0.717) is 0 Å². The summed E-state index contributed by atoms with van der Waals surface area (Å²) >= 11 is 0. The topological polar surface area (TPSA) is 70.5 Å². The molecule has 3 rings (SSSR count). The molecule has 1 unspecified atom stereocenters. The lowest BCUT2D eigenvalue weighted by Crippen LogP contribution is -2.06. The van der Waals surface area contributed by atoms with Crippen LogP contribution in [0.1, 0.15) is 24.4 Å². The second-order valence-electron chi connectivity index (χ2n) is 4.69. The predicted octanol–water partition coefficient (Wildman–Crippen LogP) is 2.89. The Bertz CT molecular complexity index is 691. The molecule has 0 aliphatic rings. The van der Waals surface area contributed by atoms with E-state index in [-0.39, 0.29) is 6.04 Å². The van der Waals surface area contributed by atoms with Gasteiger partial charge in [0, 0.05) is 10.9 Å². The number of benzene rings is 1. The fourth-order valence-corrected chi connectivity index (χ4v) is 2.16. The summed E-state index contributed by atoms with van der Waals surface area (Å²) in [5, 5.41) is 1.24. The summed E-state index contributed by atoms with van der Waals surface area (Å²) in [5.74, 6) is 0.806. The summed E-state index contributed by atoms with van der Waals surface area (Å²) in [6, 6.07) is 8.31. The van der Waals surface area contributed by atoms with Gasteiger partial charge in [-0.15, -0.1) is 0 Å².